The number of nitrogens with one attached hydrogen (secondary N) is 1. The molecule has 1 atom stereocenters. The monoisotopic (exact) mass is 623 g/mol. The van der Waals surface area contributed by atoms with Gasteiger partial charge in [-0.1, -0.05) is 40.9 Å². The summed E-state index contributed by atoms with van der Waals surface area (Å²) in [4.78, 5) is 34.4. The van der Waals surface area contributed by atoms with Crippen molar-refractivity contribution in [3.05, 3.63) is 73.1 Å². The fourth-order valence-corrected chi connectivity index (χ4v) is 6.14. The van der Waals surface area contributed by atoms with Crippen LogP contribution >= 0.6 is 23.5 Å². The van der Waals surface area contributed by atoms with Crippen LogP contribution in [0.4, 0.5) is 5.95 Å². The Balaban J connectivity index is 1.26. The number of nitrogens with two attached hydrogens (primary N) is 1. The SMILES string of the molecule is Nc1nc2c(ncn2CCOCP(=O)(OCc2cccc(Br)c2)OCc2oc(=O)oc2C2CCCC2)c(=O)[nH]1. The molecule has 0 radical (unpaired) electrons. The van der Waals surface area contributed by atoms with Crippen molar-refractivity contribution in [2.24, 2.45) is 0 Å². The van der Waals surface area contributed by atoms with E-state index in [9.17, 15) is 14.2 Å². The maximum atomic E-state index is 13.7. The Morgan fingerprint density at radius 2 is 1.97 bits per heavy atom. The van der Waals surface area contributed by atoms with E-state index in [-0.39, 0.29) is 55.9 Å². The quantitative estimate of drug-likeness (QED) is 0.170. The topological polar surface area (TPSA) is 178 Å². The highest BCUT2D eigenvalue weighted by molar-refractivity contribution is 9.10. The molecule has 0 saturated heterocycles. The van der Waals surface area contributed by atoms with E-state index in [1.54, 1.807) is 4.57 Å². The molecule has 0 spiro atoms. The van der Waals surface area contributed by atoms with Crippen molar-refractivity contribution in [2.45, 2.75) is 51.4 Å². The van der Waals surface area contributed by atoms with Crippen LogP contribution in [-0.4, -0.2) is 32.5 Å². The number of imidazole rings is 1. The normalized spacial score (nSPS) is 15.7. The number of nitrogens with zero attached hydrogens (tertiary/aromatic N) is 3. The first-order chi connectivity index (χ1) is 18.8. The Labute approximate surface area is 230 Å². The first-order valence-corrected chi connectivity index (χ1v) is 14.9. The summed E-state index contributed by atoms with van der Waals surface area (Å²) in [6.07, 6.45) is 4.90. The van der Waals surface area contributed by atoms with Gasteiger partial charge < -0.3 is 28.4 Å². The summed E-state index contributed by atoms with van der Waals surface area (Å²) in [6, 6.07) is 7.36. The van der Waals surface area contributed by atoms with E-state index in [1.807, 2.05) is 24.3 Å². The van der Waals surface area contributed by atoms with Crippen molar-refractivity contribution >= 4 is 40.6 Å². The van der Waals surface area contributed by atoms with Gasteiger partial charge in [0.25, 0.3) is 5.56 Å². The summed E-state index contributed by atoms with van der Waals surface area (Å²) in [5.74, 6) is -0.148. The van der Waals surface area contributed by atoms with E-state index in [0.717, 1.165) is 35.7 Å². The Morgan fingerprint density at radius 1 is 1.18 bits per heavy atom. The van der Waals surface area contributed by atoms with Crippen LogP contribution in [0, 0.1) is 0 Å². The lowest BCUT2D eigenvalue weighted by atomic mass is 10.0. The number of aromatic nitrogens is 4. The van der Waals surface area contributed by atoms with Gasteiger partial charge in [-0.15, -0.1) is 0 Å². The molecule has 13 nitrogen and oxygen atoms in total. The Morgan fingerprint density at radius 3 is 2.77 bits per heavy atom. The van der Waals surface area contributed by atoms with Gasteiger partial charge in [-0.25, -0.2) is 9.78 Å². The third-order valence-electron chi connectivity index (χ3n) is 6.33. The second-order valence-corrected chi connectivity index (χ2v) is 12.0. The molecule has 1 aliphatic rings. The first kappa shape index (κ1) is 27.5. The molecule has 3 aromatic heterocycles. The molecule has 0 bridgehead atoms. The van der Waals surface area contributed by atoms with Crippen LogP contribution in [-0.2, 0) is 38.1 Å². The molecule has 4 aromatic rings. The second kappa shape index (κ2) is 12.0. The minimum atomic E-state index is -3.83. The highest BCUT2D eigenvalue weighted by Gasteiger charge is 2.30. The number of halogens is 1. The average Bonchev–Trinajstić information content (AvgIpc) is 3.65. The van der Waals surface area contributed by atoms with Crippen LogP contribution in [0.1, 0.15) is 48.7 Å². The number of H-pyrrole nitrogens is 1. The number of rotatable bonds is 12. The number of ether oxygens (including phenoxy) is 1. The summed E-state index contributed by atoms with van der Waals surface area (Å²) < 4.78 is 43.8. The highest BCUT2D eigenvalue weighted by atomic mass is 79.9. The lowest BCUT2D eigenvalue weighted by Crippen LogP contribution is -2.13. The van der Waals surface area contributed by atoms with Gasteiger partial charge in [0.2, 0.25) is 5.95 Å². The molecule has 3 N–H and O–H groups in total. The number of anilines is 1. The van der Waals surface area contributed by atoms with E-state index in [0.29, 0.717) is 11.4 Å². The zero-order valence-corrected chi connectivity index (χ0v) is 23.3. The third kappa shape index (κ3) is 6.76. The van der Waals surface area contributed by atoms with E-state index < -0.39 is 19.0 Å². The Bertz CT molecular complexity index is 1610. The maximum Gasteiger partial charge on any atom is 0.519 e. The Kier molecular flexibility index (Phi) is 8.48. The zero-order chi connectivity index (χ0) is 27.4. The molecule has 15 heteroatoms. The summed E-state index contributed by atoms with van der Waals surface area (Å²) in [6.45, 7) is 0.0693. The van der Waals surface area contributed by atoms with Crippen molar-refractivity contribution in [1.29, 1.82) is 0 Å². The number of nitrogen functional groups attached to an aromatic ring is 1. The summed E-state index contributed by atoms with van der Waals surface area (Å²) in [5.41, 5.74) is 6.42. The molecule has 1 saturated carbocycles. The van der Waals surface area contributed by atoms with Crippen LogP contribution in [0.25, 0.3) is 11.2 Å². The van der Waals surface area contributed by atoms with Gasteiger partial charge in [0.1, 0.15) is 13.0 Å². The van der Waals surface area contributed by atoms with E-state index in [1.165, 1.54) is 6.33 Å². The van der Waals surface area contributed by atoms with Crippen LogP contribution in [0.5, 0.6) is 0 Å². The predicted octanol–water partition coefficient (Wildman–Crippen LogP) is 4.27. The van der Waals surface area contributed by atoms with Crippen LogP contribution in [0.2, 0.25) is 0 Å². The molecule has 1 aromatic carbocycles. The minimum Gasteiger partial charge on any atom is -0.395 e. The molecule has 0 amide bonds. The largest absolute Gasteiger partial charge is 0.519 e. The summed E-state index contributed by atoms with van der Waals surface area (Å²) >= 11 is 3.41. The molecule has 1 unspecified atom stereocenters. The zero-order valence-electron chi connectivity index (χ0n) is 20.8. The summed E-state index contributed by atoms with van der Waals surface area (Å²) in [7, 11) is -3.83. The van der Waals surface area contributed by atoms with Gasteiger partial charge in [-0.3, -0.25) is 18.9 Å². The van der Waals surface area contributed by atoms with Gasteiger partial charge in [-0.2, -0.15) is 4.98 Å². The number of benzene rings is 1. The number of fused-ring (bicyclic) bond motifs is 1. The average molecular weight is 624 g/mol. The van der Waals surface area contributed by atoms with Crippen molar-refractivity contribution in [2.75, 3.05) is 18.7 Å². The van der Waals surface area contributed by atoms with Crippen LogP contribution < -0.4 is 17.1 Å². The second-order valence-electron chi connectivity index (χ2n) is 9.11. The fourth-order valence-electron chi connectivity index (χ4n) is 4.46. The molecule has 3 heterocycles. The van der Waals surface area contributed by atoms with Crippen molar-refractivity contribution in [1.82, 2.24) is 19.5 Å². The fraction of sp³-hybridized carbons (Fsp3) is 0.417. The highest BCUT2D eigenvalue weighted by Crippen LogP contribution is 2.50. The van der Waals surface area contributed by atoms with E-state index in [4.69, 9.17) is 28.4 Å². The Hall–Kier alpha value is -3.03. The third-order valence-corrected chi connectivity index (χ3v) is 8.37. The predicted molar refractivity (Wildman–Crippen MR) is 143 cm³/mol. The van der Waals surface area contributed by atoms with Crippen LogP contribution in [0.3, 0.4) is 0 Å². The molecule has 208 valence electrons. The van der Waals surface area contributed by atoms with Gasteiger partial charge in [-0.05, 0) is 30.5 Å². The lowest BCUT2D eigenvalue weighted by Gasteiger charge is -2.19. The molecule has 39 heavy (non-hydrogen) atoms. The molecule has 1 fully saturated rings. The summed E-state index contributed by atoms with van der Waals surface area (Å²) in [5, 5.41) is 0. The molecular formula is C24H27BrN5O8P. The number of hydrogen-bond acceptors (Lipinski definition) is 11. The minimum absolute atomic E-state index is 0.00300. The van der Waals surface area contributed by atoms with Gasteiger partial charge in [0.15, 0.2) is 22.7 Å². The van der Waals surface area contributed by atoms with Gasteiger partial charge in [0, 0.05) is 16.9 Å². The lowest BCUT2D eigenvalue weighted by molar-refractivity contribution is 0.114. The molecular weight excluding hydrogens is 597 g/mol. The first-order valence-electron chi connectivity index (χ1n) is 12.3. The van der Waals surface area contributed by atoms with Crippen molar-refractivity contribution in [3.8, 4) is 0 Å². The van der Waals surface area contributed by atoms with E-state index in [2.05, 4.69) is 30.9 Å². The molecule has 5 rings (SSSR count). The standard InChI is InChI=1S/C24H27BrN5O8P/c25-17-7-3-4-15(10-17)11-35-39(33,36-12-18-20(38-24(32)37-18)16-5-1-2-6-16)14-34-9-8-30-13-27-19-21(30)28-23(26)29-22(19)31/h3-4,7,10,13,16H,1-2,5-6,8-9,11-12,14H2,(H3,26,28,29,31). The number of hydrogen-bond donors (Lipinski definition) is 2. The van der Waals surface area contributed by atoms with Crippen LogP contribution in [0.15, 0.2) is 53.5 Å². The van der Waals surface area contributed by atoms with E-state index >= 15 is 0 Å². The molecule has 1 aliphatic carbocycles. The van der Waals surface area contributed by atoms with Gasteiger partial charge in [0.05, 0.1) is 19.5 Å². The molecule has 0 aliphatic heterocycles. The maximum absolute atomic E-state index is 13.7. The smallest absolute Gasteiger partial charge is 0.395 e. The van der Waals surface area contributed by atoms with Crippen molar-refractivity contribution in [3.63, 3.8) is 0 Å². The number of aromatic amines is 1. The van der Waals surface area contributed by atoms with Gasteiger partial charge >= 0.3 is 13.4 Å². The van der Waals surface area contributed by atoms with Crippen molar-refractivity contribution < 1.29 is 27.2 Å².